The molecule has 1 aliphatic heterocycles. The fraction of sp³-hybridized carbons (Fsp3) is 0.750. The van der Waals surface area contributed by atoms with Crippen molar-refractivity contribution in [3.05, 3.63) is 11.6 Å². The molecule has 2 N–H and O–H groups in total. The normalized spacial score (nSPS) is 21.1. The third-order valence-corrected chi connectivity index (χ3v) is 4.12. The maximum atomic E-state index is 5.98. The van der Waals surface area contributed by atoms with Gasteiger partial charge in [-0.05, 0) is 25.7 Å². The lowest BCUT2D eigenvalue weighted by atomic mass is 10.2. The number of hydrogen-bond acceptors (Lipinski definition) is 2. The first-order valence-electron chi connectivity index (χ1n) is 6.17. The first-order chi connectivity index (χ1) is 7.86. The number of hydrogen-bond donors (Lipinski definition) is 1. The Kier molecular flexibility index (Phi) is 7.34. The number of rotatable bonds is 3. The molecule has 2 rings (SSSR count). The molecule has 0 bridgehead atoms. The number of nitrogens with two attached hydrogens (primary N) is 1. The Morgan fingerprint density at radius 2 is 2.18 bits per heavy atom. The van der Waals surface area contributed by atoms with E-state index in [9.17, 15) is 0 Å². The second-order valence-electron chi connectivity index (χ2n) is 4.34. The Labute approximate surface area is 125 Å². The van der Waals surface area contributed by atoms with Gasteiger partial charge < -0.3 is 10.6 Å². The van der Waals surface area contributed by atoms with Gasteiger partial charge in [-0.3, -0.25) is 4.99 Å². The summed E-state index contributed by atoms with van der Waals surface area (Å²) in [5.74, 6) is 3.11. The number of thioether (sulfide) groups is 1. The van der Waals surface area contributed by atoms with E-state index in [4.69, 9.17) is 5.73 Å². The van der Waals surface area contributed by atoms with E-state index < -0.39 is 0 Å². The number of guanidine groups is 1. The Morgan fingerprint density at radius 1 is 1.41 bits per heavy atom. The highest BCUT2D eigenvalue weighted by Gasteiger charge is 2.11. The van der Waals surface area contributed by atoms with E-state index in [0.29, 0.717) is 0 Å². The molecule has 0 saturated carbocycles. The SMILES string of the molecule is I.NC(=NCCC1=CCCC1)N1CCSCC1. The molecule has 1 saturated heterocycles. The molecule has 0 aromatic rings. The van der Waals surface area contributed by atoms with Crippen LogP contribution in [-0.2, 0) is 0 Å². The zero-order chi connectivity index (χ0) is 11.2. The Hall–Kier alpha value is 0.0900. The smallest absolute Gasteiger partial charge is 0.191 e. The zero-order valence-electron chi connectivity index (χ0n) is 10.2. The third-order valence-electron chi connectivity index (χ3n) is 3.18. The summed E-state index contributed by atoms with van der Waals surface area (Å²) in [6.45, 7) is 2.98. The quantitative estimate of drug-likeness (QED) is 0.361. The minimum atomic E-state index is 0. The third kappa shape index (κ3) is 5.07. The average Bonchev–Trinajstić information content (AvgIpc) is 2.83. The lowest BCUT2D eigenvalue weighted by molar-refractivity contribution is 0.456. The van der Waals surface area contributed by atoms with Crippen LogP contribution in [0.3, 0.4) is 0 Å². The summed E-state index contributed by atoms with van der Waals surface area (Å²) in [4.78, 5) is 6.69. The number of aliphatic imine (C=N–C) groups is 1. The predicted molar refractivity (Wildman–Crippen MR) is 87.4 cm³/mol. The van der Waals surface area contributed by atoms with Crippen LogP contribution in [0.25, 0.3) is 0 Å². The van der Waals surface area contributed by atoms with Gasteiger partial charge in [-0.1, -0.05) is 11.6 Å². The molecular formula is C12H22IN3S. The number of allylic oxidation sites excluding steroid dienone is 1. The first-order valence-corrected chi connectivity index (χ1v) is 7.32. The van der Waals surface area contributed by atoms with Crippen molar-refractivity contribution < 1.29 is 0 Å². The second-order valence-corrected chi connectivity index (χ2v) is 5.57. The zero-order valence-corrected chi connectivity index (χ0v) is 13.4. The number of nitrogens with zero attached hydrogens (tertiary/aromatic N) is 2. The largest absolute Gasteiger partial charge is 0.370 e. The van der Waals surface area contributed by atoms with Crippen molar-refractivity contribution in [2.24, 2.45) is 10.7 Å². The van der Waals surface area contributed by atoms with Gasteiger partial charge in [-0.25, -0.2) is 0 Å². The molecule has 1 fully saturated rings. The Balaban J connectivity index is 0.00000144. The summed E-state index contributed by atoms with van der Waals surface area (Å²) in [5.41, 5.74) is 7.56. The predicted octanol–water partition coefficient (Wildman–Crippen LogP) is 2.47. The summed E-state index contributed by atoms with van der Waals surface area (Å²) in [6, 6.07) is 0. The minimum Gasteiger partial charge on any atom is -0.370 e. The van der Waals surface area contributed by atoms with Gasteiger partial charge in [0, 0.05) is 31.1 Å². The van der Waals surface area contributed by atoms with Crippen molar-refractivity contribution in [1.29, 1.82) is 0 Å². The second kappa shape index (κ2) is 8.24. The molecule has 0 aromatic heterocycles. The highest BCUT2D eigenvalue weighted by atomic mass is 127. The van der Waals surface area contributed by atoms with Crippen molar-refractivity contribution in [2.45, 2.75) is 25.7 Å². The van der Waals surface area contributed by atoms with Crippen molar-refractivity contribution in [3.63, 3.8) is 0 Å². The van der Waals surface area contributed by atoms with Crippen molar-refractivity contribution >= 4 is 41.7 Å². The summed E-state index contributed by atoms with van der Waals surface area (Å²) in [7, 11) is 0. The van der Waals surface area contributed by atoms with Crippen LogP contribution in [0.2, 0.25) is 0 Å². The molecule has 0 atom stereocenters. The van der Waals surface area contributed by atoms with E-state index in [1.807, 2.05) is 11.8 Å². The molecule has 5 heteroatoms. The van der Waals surface area contributed by atoms with Gasteiger partial charge in [-0.15, -0.1) is 24.0 Å². The molecule has 0 unspecified atom stereocenters. The van der Waals surface area contributed by atoms with Crippen LogP contribution in [0, 0.1) is 0 Å². The van der Waals surface area contributed by atoms with Gasteiger partial charge in [0.25, 0.3) is 0 Å². The van der Waals surface area contributed by atoms with Gasteiger partial charge in [-0.2, -0.15) is 11.8 Å². The molecule has 98 valence electrons. The molecule has 0 spiro atoms. The first kappa shape index (κ1) is 15.1. The Bertz CT molecular complexity index is 285. The molecule has 17 heavy (non-hydrogen) atoms. The van der Waals surface area contributed by atoms with Crippen molar-refractivity contribution in [1.82, 2.24) is 4.90 Å². The lowest BCUT2D eigenvalue weighted by Gasteiger charge is -2.27. The van der Waals surface area contributed by atoms with Crippen molar-refractivity contribution in [3.8, 4) is 0 Å². The highest BCUT2D eigenvalue weighted by molar-refractivity contribution is 14.0. The molecule has 2 aliphatic rings. The van der Waals surface area contributed by atoms with Gasteiger partial charge in [0.05, 0.1) is 0 Å². The van der Waals surface area contributed by atoms with E-state index in [2.05, 4.69) is 16.0 Å². The van der Waals surface area contributed by atoms with E-state index in [1.54, 1.807) is 5.57 Å². The summed E-state index contributed by atoms with van der Waals surface area (Å²) in [6.07, 6.45) is 7.33. The molecular weight excluding hydrogens is 345 g/mol. The van der Waals surface area contributed by atoms with E-state index in [1.165, 1.54) is 30.8 Å². The molecule has 0 amide bonds. The topological polar surface area (TPSA) is 41.6 Å². The average molecular weight is 367 g/mol. The van der Waals surface area contributed by atoms with Gasteiger partial charge in [0.2, 0.25) is 0 Å². The fourth-order valence-corrected chi connectivity index (χ4v) is 3.07. The maximum absolute atomic E-state index is 5.98. The van der Waals surface area contributed by atoms with Crippen LogP contribution in [0.4, 0.5) is 0 Å². The molecule has 1 heterocycles. The van der Waals surface area contributed by atoms with Crippen LogP contribution in [0.15, 0.2) is 16.6 Å². The molecule has 0 aromatic carbocycles. The van der Waals surface area contributed by atoms with E-state index >= 15 is 0 Å². The summed E-state index contributed by atoms with van der Waals surface area (Å²) >= 11 is 2.00. The lowest BCUT2D eigenvalue weighted by Crippen LogP contribution is -2.42. The standard InChI is InChI=1S/C12H21N3S.HI/c13-12(15-7-9-16-10-8-15)14-6-5-11-3-1-2-4-11;/h3H,1-2,4-10H2,(H2,13,14);1H. The Morgan fingerprint density at radius 3 is 2.82 bits per heavy atom. The van der Waals surface area contributed by atoms with E-state index in [-0.39, 0.29) is 24.0 Å². The highest BCUT2D eigenvalue weighted by Crippen LogP contribution is 2.20. The molecule has 0 radical (unpaired) electrons. The summed E-state index contributed by atoms with van der Waals surface area (Å²) in [5, 5.41) is 0. The van der Waals surface area contributed by atoms with Crippen molar-refractivity contribution in [2.75, 3.05) is 31.1 Å². The number of halogens is 1. The van der Waals surface area contributed by atoms with Crippen LogP contribution < -0.4 is 5.73 Å². The molecule has 1 aliphatic carbocycles. The fourth-order valence-electron chi connectivity index (χ4n) is 2.17. The monoisotopic (exact) mass is 367 g/mol. The van der Waals surface area contributed by atoms with Gasteiger partial charge in [0.1, 0.15) is 0 Å². The van der Waals surface area contributed by atoms with Crippen LogP contribution in [-0.4, -0.2) is 42.0 Å². The van der Waals surface area contributed by atoms with Crippen LogP contribution >= 0.6 is 35.7 Å². The van der Waals surface area contributed by atoms with Gasteiger partial charge >= 0.3 is 0 Å². The van der Waals surface area contributed by atoms with Gasteiger partial charge in [0.15, 0.2) is 5.96 Å². The molecule has 3 nitrogen and oxygen atoms in total. The van der Waals surface area contributed by atoms with Crippen LogP contribution in [0.5, 0.6) is 0 Å². The van der Waals surface area contributed by atoms with E-state index in [0.717, 1.165) is 32.0 Å². The minimum absolute atomic E-state index is 0. The van der Waals surface area contributed by atoms with Crippen LogP contribution in [0.1, 0.15) is 25.7 Å². The summed E-state index contributed by atoms with van der Waals surface area (Å²) < 4.78 is 0. The maximum Gasteiger partial charge on any atom is 0.191 e.